The molecule has 0 aliphatic carbocycles. The largest absolute Gasteiger partial charge is 0.507 e. The van der Waals surface area contributed by atoms with Crippen molar-refractivity contribution in [2.75, 3.05) is 0 Å². The van der Waals surface area contributed by atoms with Gasteiger partial charge in [-0.25, -0.2) is 0 Å². The van der Waals surface area contributed by atoms with Gasteiger partial charge in [0.15, 0.2) is 5.78 Å². The third-order valence-corrected chi connectivity index (χ3v) is 3.91. The Bertz CT molecular complexity index is 854. The number of carbonyl (C=O) groups is 1. The molecule has 5 N–H and O–H groups in total. The quantitative estimate of drug-likeness (QED) is 0.286. The van der Waals surface area contributed by atoms with Gasteiger partial charge in [0.25, 0.3) is 0 Å². The highest BCUT2D eigenvalue weighted by atomic mass is 16.5. The summed E-state index contributed by atoms with van der Waals surface area (Å²) in [6.45, 7) is 3.76. The zero-order valence-corrected chi connectivity index (χ0v) is 15.5. The van der Waals surface area contributed by atoms with Crippen LogP contribution in [0.15, 0.2) is 46.6 Å². The minimum absolute atomic E-state index is 0.0525. The predicted octanol–water partition coefficient (Wildman–Crippen LogP) is 2.73. The van der Waals surface area contributed by atoms with E-state index in [0.717, 1.165) is 23.1 Å². The average molecular weight is 368 g/mol. The number of rotatable bonds is 8. The van der Waals surface area contributed by atoms with E-state index in [1.54, 1.807) is 18.2 Å². The highest BCUT2D eigenvalue weighted by molar-refractivity contribution is 5.97. The van der Waals surface area contributed by atoms with Crippen LogP contribution in [0.4, 0.5) is 0 Å². The van der Waals surface area contributed by atoms with Gasteiger partial charge in [0, 0.05) is 5.56 Å². The fraction of sp³-hybridized carbons (Fsp3) is 0.250. The van der Waals surface area contributed by atoms with Crippen molar-refractivity contribution in [3.8, 4) is 11.5 Å². The number of aromatic hydroxyl groups is 1. The Labute approximate surface area is 158 Å². The molecule has 7 heteroatoms. The van der Waals surface area contributed by atoms with E-state index < -0.39 is 0 Å². The lowest BCUT2D eigenvalue weighted by molar-refractivity contribution is 0.101. The van der Waals surface area contributed by atoms with E-state index >= 15 is 0 Å². The molecule has 0 saturated heterocycles. The van der Waals surface area contributed by atoms with Crippen molar-refractivity contribution in [3.63, 3.8) is 0 Å². The molecule has 0 radical (unpaired) electrons. The zero-order valence-electron chi connectivity index (χ0n) is 15.5. The maximum Gasteiger partial charge on any atom is 0.211 e. The van der Waals surface area contributed by atoms with Gasteiger partial charge in [-0.1, -0.05) is 19.4 Å². The number of ketones is 1. The maximum atomic E-state index is 11.6. The van der Waals surface area contributed by atoms with Crippen LogP contribution in [-0.4, -0.2) is 23.1 Å². The zero-order chi connectivity index (χ0) is 19.8. The molecule has 0 saturated carbocycles. The van der Waals surface area contributed by atoms with Gasteiger partial charge < -0.3 is 21.3 Å². The number of guanidine groups is 1. The van der Waals surface area contributed by atoms with Gasteiger partial charge in [0.2, 0.25) is 5.96 Å². The molecule has 142 valence electrons. The van der Waals surface area contributed by atoms with E-state index in [1.807, 2.05) is 25.1 Å². The van der Waals surface area contributed by atoms with Gasteiger partial charge in [-0.3, -0.25) is 4.79 Å². The number of hydrogen-bond acceptors (Lipinski definition) is 5. The highest BCUT2D eigenvalue weighted by Gasteiger charge is 2.15. The molecule has 0 bridgehead atoms. The number of phenolic OH excluding ortho intramolecular Hbond substituents is 1. The molecule has 0 heterocycles. The molecule has 27 heavy (non-hydrogen) atoms. The third kappa shape index (κ3) is 5.57. The number of nitrogens with zero attached hydrogens (tertiary/aromatic N) is 2. The van der Waals surface area contributed by atoms with Crippen LogP contribution in [0.3, 0.4) is 0 Å². The van der Waals surface area contributed by atoms with Gasteiger partial charge in [-0.2, -0.15) is 5.10 Å². The first-order chi connectivity index (χ1) is 12.9. The Hall–Kier alpha value is -3.35. The summed E-state index contributed by atoms with van der Waals surface area (Å²) < 4.78 is 5.82. The van der Waals surface area contributed by atoms with Gasteiger partial charge >= 0.3 is 0 Å². The van der Waals surface area contributed by atoms with Crippen LogP contribution in [0, 0.1) is 0 Å². The molecule has 0 aliphatic rings. The minimum atomic E-state index is -0.157. The predicted molar refractivity (Wildman–Crippen MR) is 106 cm³/mol. The number of phenols is 1. The van der Waals surface area contributed by atoms with Crippen molar-refractivity contribution >= 4 is 18.0 Å². The first-order valence-electron chi connectivity index (χ1n) is 8.61. The second-order valence-corrected chi connectivity index (χ2v) is 6.03. The molecule has 2 rings (SSSR count). The van der Waals surface area contributed by atoms with E-state index in [2.05, 4.69) is 10.2 Å². The van der Waals surface area contributed by atoms with Crippen molar-refractivity contribution in [2.24, 2.45) is 21.7 Å². The molecule has 0 fully saturated rings. The lowest BCUT2D eigenvalue weighted by atomic mass is 9.97. The second-order valence-electron chi connectivity index (χ2n) is 6.03. The Morgan fingerprint density at radius 3 is 2.48 bits per heavy atom. The molecule has 0 aromatic heterocycles. The van der Waals surface area contributed by atoms with E-state index in [-0.39, 0.29) is 17.5 Å². The number of Topliss-reactive ketones (excluding diaryl/α,β-unsaturated/α-hetero) is 1. The number of nitrogens with two attached hydrogens (primary N) is 2. The maximum absolute atomic E-state index is 11.6. The topological polar surface area (TPSA) is 123 Å². The first kappa shape index (κ1) is 20.0. The van der Waals surface area contributed by atoms with Crippen LogP contribution < -0.4 is 16.2 Å². The lowest BCUT2D eigenvalue weighted by Crippen LogP contribution is -2.21. The molecule has 0 aliphatic heterocycles. The summed E-state index contributed by atoms with van der Waals surface area (Å²) in [6, 6.07) is 10.7. The van der Waals surface area contributed by atoms with Crippen molar-refractivity contribution in [3.05, 3.63) is 58.7 Å². The summed E-state index contributed by atoms with van der Waals surface area (Å²) in [5.74, 6) is 0.465. The average Bonchev–Trinajstić information content (AvgIpc) is 2.63. The SMILES string of the molecule is CCCc1c(COc2ccc(/C=N\N=C(N)N)cc2)ccc(C(C)=O)c1O. The summed E-state index contributed by atoms with van der Waals surface area (Å²) in [5, 5.41) is 17.7. The smallest absolute Gasteiger partial charge is 0.211 e. The van der Waals surface area contributed by atoms with Gasteiger partial charge in [0.1, 0.15) is 18.1 Å². The summed E-state index contributed by atoms with van der Waals surface area (Å²) in [4.78, 5) is 11.6. The van der Waals surface area contributed by atoms with Crippen molar-refractivity contribution < 1.29 is 14.6 Å². The molecule has 2 aromatic carbocycles. The van der Waals surface area contributed by atoms with E-state index in [1.165, 1.54) is 13.1 Å². The normalized spacial score (nSPS) is 10.7. The number of hydrogen-bond donors (Lipinski definition) is 3. The monoisotopic (exact) mass is 368 g/mol. The Morgan fingerprint density at radius 2 is 1.89 bits per heavy atom. The van der Waals surface area contributed by atoms with Gasteiger partial charge in [-0.15, -0.1) is 5.10 Å². The summed E-state index contributed by atoms with van der Waals surface area (Å²) in [7, 11) is 0. The van der Waals surface area contributed by atoms with Gasteiger partial charge in [0.05, 0.1) is 11.8 Å². The summed E-state index contributed by atoms with van der Waals surface area (Å²) >= 11 is 0. The molecule has 0 unspecified atom stereocenters. The van der Waals surface area contributed by atoms with Crippen molar-refractivity contribution in [2.45, 2.75) is 33.3 Å². The fourth-order valence-electron chi connectivity index (χ4n) is 2.60. The van der Waals surface area contributed by atoms with Crippen LogP contribution in [0.25, 0.3) is 0 Å². The minimum Gasteiger partial charge on any atom is -0.507 e. The van der Waals surface area contributed by atoms with E-state index in [9.17, 15) is 9.90 Å². The molecule has 0 spiro atoms. The highest BCUT2D eigenvalue weighted by Crippen LogP contribution is 2.29. The summed E-state index contributed by atoms with van der Waals surface area (Å²) in [6.07, 6.45) is 3.05. The number of benzene rings is 2. The van der Waals surface area contributed by atoms with Crippen LogP contribution in [0.2, 0.25) is 0 Å². The lowest BCUT2D eigenvalue weighted by Gasteiger charge is -2.14. The van der Waals surface area contributed by atoms with Crippen molar-refractivity contribution in [1.29, 1.82) is 0 Å². The molecule has 2 aromatic rings. The van der Waals surface area contributed by atoms with Crippen LogP contribution in [0.1, 0.15) is 47.3 Å². The van der Waals surface area contributed by atoms with Crippen LogP contribution in [0.5, 0.6) is 11.5 Å². The first-order valence-corrected chi connectivity index (χ1v) is 8.61. The molecular formula is C20H24N4O3. The number of ether oxygens (including phenoxy) is 1. The Balaban J connectivity index is 2.12. The molecule has 0 atom stereocenters. The third-order valence-electron chi connectivity index (χ3n) is 3.91. The molecular weight excluding hydrogens is 344 g/mol. The van der Waals surface area contributed by atoms with Crippen molar-refractivity contribution in [1.82, 2.24) is 0 Å². The molecule has 0 amide bonds. The standard InChI is InChI=1S/C20H24N4O3/c1-3-4-18-15(7-10-17(13(2)25)19(18)26)12-27-16-8-5-14(6-9-16)11-23-24-20(21)22/h5-11,26H,3-4,12H2,1-2H3,(H4,21,22,24)/b23-11-. The van der Waals surface area contributed by atoms with Crippen LogP contribution >= 0.6 is 0 Å². The Morgan fingerprint density at radius 1 is 1.19 bits per heavy atom. The van der Waals surface area contributed by atoms with Gasteiger partial charge in [-0.05, 0) is 54.8 Å². The summed E-state index contributed by atoms with van der Waals surface area (Å²) in [5.41, 5.74) is 13.2. The second kappa shape index (κ2) is 9.38. The number of carbonyl (C=O) groups excluding carboxylic acids is 1. The van der Waals surface area contributed by atoms with E-state index in [0.29, 0.717) is 24.3 Å². The Kier molecular flexibility index (Phi) is 6.93. The van der Waals surface area contributed by atoms with Crippen LogP contribution in [-0.2, 0) is 13.0 Å². The fourth-order valence-corrected chi connectivity index (χ4v) is 2.60. The van der Waals surface area contributed by atoms with E-state index in [4.69, 9.17) is 16.2 Å². The molecule has 7 nitrogen and oxygen atoms in total.